The lowest BCUT2D eigenvalue weighted by Gasteiger charge is -2.13. The molecular weight excluding hydrogens is 241 g/mol. The number of ether oxygens (including phenoxy) is 1. The maximum Gasteiger partial charge on any atom is 0.416 e. The third-order valence-electron chi connectivity index (χ3n) is 3.39. The summed E-state index contributed by atoms with van der Waals surface area (Å²) in [4.78, 5) is 0. The summed E-state index contributed by atoms with van der Waals surface area (Å²) >= 11 is 0. The highest BCUT2D eigenvalue weighted by atomic mass is 19.4. The minimum Gasteiger partial charge on any atom is -0.374 e. The van der Waals surface area contributed by atoms with E-state index in [1.807, 2.05) is 0 Å². The smallest absolute Gasteiger partial charge is 0.374 e. The molecule has 4 heteroatoms. The van der Waals surface area contributed by atoms with E-state index >= 15 is 0 Å². The van der Waals surface area contributed by atoms with Gasteiger partial charge < -0.3 is 4.74 Å². The molecule has 100 valence electrons. The topological polar surface area (TPSA) is 9.23 Å². The van der Waals surface area contributed by atoms with Gasteiger partial charge in [0.25, 0.3) is 0 Å². The van der Waals surface area contributed by atoms with Crippen LogP contribution in [-0.4, -0.2) is 6.10 Å². The first-order valence-electron chi connectivity index (χ1n) is 6.23. The molecule has 1 saturated carbocycles. The Hall–Kier alpha value is -1.03. The van der Waals surface area contributed by atoms with E-state index in [1.54, 1.807) is 6.07 Å². The minimum absolute atomic E-state index is 0.203. The lowest BCUT2D eigenvalue weighted by atomic mass is 10.1. The summed E-state index contributed by atoms with van der Waals surface area (Å²) in [7, 11) is 0. The molecular formula is C14H17F3O. The van der Waals surface area contributed by atoms with Crippen LogP contribution < -0.4 is 0 Å². The Bertz CT molecular complexity index is 400. The standard InChI is InChI=1S/C14H17F3O/c1-10-5-6-13(7-10)18-9-11-3-2-4-12(8-11)14(15,16)17/h2-4,8,10,13H,5-7,9H2,1H3/t10?,13-/m1/s1. The highest BCUT2D eigenvalue weighted by molar-refractivity contribution is 5.25. The molecule has 0 bridgehead atoms. The first-order chi connectivity index (χ1) is 8.45. The molecule has 0 amide bonds. The average Bonchev–Trinajstić information content (AvgIpc) is 2.72. The zero-order valence-electron chi connectivity index (χ0n) is 10.3. The first kappa shape index (κ1) is 13.4. The van der Waals surface area contributed by atoms with Crippen LogP contribution in [0.3, 0.4) is 0 Å². The Kier molecular flexibility index (Phi) is 3.95. The van der Waals surface area contributed by atoms with Crippen molar-refractivity contribution in [2.45, 2.75) is 45.1 Å². The van der Waals surface area contributed by atoms with Crippen LogP contribution in [0, 0.1) is 5.92 Å². The Labute approximate surface area is 105 Å². The van der Waals surface area contributed by atoms with Crippen molar-refractivity contribution < 1.29 is 17.9 Å². The van der Waals surface area contributed by atoms with E-state index < -0.39 is 11.7 Å². The molecule has 0 aliphatic heterocycles. The van der Waals surface area contributed by atoms with E-state index in [9.17, 15) is 13.2 Å². The summed E-state index contributed by atoms with van der Waals surface area (Å²) in [6.45, 7) is 2.44. The molecule has 0 radical (unpaired) electrons. The highest BCUT2D eigenvalue weighted by Crippen LogP contribution is 2.31. The van der Waals surface area contributed by atoms with E-state index in [0.717, 1.165) is 25.3 Å². The first-order valence-corrected chi connectivity index (χ1v) is 6.23. The van der Waals surface area contributed by atoms with E-state index in [0.29, 0.717) is 11.5 Å². The maximum absolute atomic E-state index is 12.5. The number of hydrogen-bond acceptors (Lipinski definition) is 1. The number of alkyl halides is 3. The number of hydrogen-bond donors (Lipinski definition) is 0. The van der Waals surface area contributed by atoms with Gasteiger partial charge in [-0.3, -0.25) is 0 Å². The molecule has 0 aromatic heterocycles. The molecule has 0 N–H and O–H groups in total. The highest BCUT2D eigenvalue weighted by Gasteiger charge is 2.30. The van der Waals surface area contributed by atoms with Gasteiger partial charge in [0, 0.05) is 0 Å². The molecule has 1 aliphatic carbocycles. The Morgan fingerprint density at radius 3 is 2.67 bits per heavy atom. The lowest BCUT2D eigenvalue weighted by molar-refractivity contribution is -0.137. The SMILES string of the molecule is CC1CC[C@@H](OCc2cccc(C(F)(F)F)c2)C1. The van der Waals surface area contributed by atoms with Crippen molar-refractivity contribution in [3.63, 3.8) is 0 Å². The van der Waals surface area contributed by atoms with Crippen molar-refractivity contribution in [1.29, 1.82) is 0 Å². The van der Waals surface area contributed by atoms with Crippen LogP contribution in [0.5, 0.6) is 0 Å². The van der Waals surface area contributed by atoms with Gasteiger partial charge in [-0.2, -0.15) is 13.2 Å². The molecule has 1 unspecified atom stereocenters. The van der Waals surface area contributed by atoms with Crippen LogP contribution in [0.1, 0.15) is 37.3 Å². The van der Waals surface area contributed by atoms with Crippen LogP contribution in [0.15, 0.2) is 24.3 Å². The fraction of sp³-hybridized carbons (Fsp3) is 0.571. The third kappa shape index (κ3) is 3.48. The second kappa shape index (κ2) is 5.31. The molecule has 2 atom stereocenters. The molecule has 1 aliphatic rings. The van der Waals surface area contributed by atoms with E-state index in [4.69, 9.17) is 4.74 Å². The van der Waals surface area contributed by atoms with Gasteiger partial charge >= 0.3 is 6.18 Å². The van der Waals surface area contributed by atoms with Crippen molar-refractivity contribution in [2.75, 3.05) is 0 Å². The average molecular weight is 258 g/mol. The normalized spacial score (nSPS) is 24.4. The van der Waals surface area contributed by atoms with Crippen LogP contribution in [0.4, 0.5) is 13.2 Å². The van der Waals surface area contributed by atoms with Crippen molar-refractivity contribution in [2.24, 2.45) is 5.92 Å². The molecule has 0 heterocycles. The minimum atomic E-state index is -4.28. The largest absolute Gasteiger partial charge is 0.416 e. The van der Waals surface area contributed by atoms with Crippen LogP contribution in [0.2, 0.25) is 0 Å². The Balaban J connectivity index is 1.93. The summed E-state index contributed by atoms with van der Waals surface area (Å²) in [5, 5.41) is 0. The van der Waals surface area contributed by atoms with Crippen LogP contribution in [-0.2, 0) is 17.5 Å². The monoisotopic (exact) mass is 258 g/mol. The van der Waals surface area contributed by atoms with Gasteiger partial charge in [0.15, 0.2) is 0 Å². The summed E-state index contributed by atoms with van der Waals surface area (Å²) in [5.41, 5.74) is -0.0206. The zero-order valence-corrected chi connectivity index (χ0v) is 10.3. The molecule has 18 heavy (non-hydrogen) atoms. The van der Waals surface area contributed by atoms with Crippen LogP contribution in [0.25, 0.3) is 0 Å². The summed E-state index contributed by atoms with van der Waals surface area (Å²) in [5.74, 6) is 0.663. The maximum atomic E-state index is 12.5. The Morgan fingerprint density at radius 1 is 1.28 bits per heavy atom. The molecule has 1 fully saturated rings. The fourth-order valence-electron chi connectivity index (χ4n) is 2.36. The number of benzene rings is 1. The third-order valence-corrected chi connectivity index (χ3v) is 3.39. The zero-order chi connectivity index (χ0) is 13.2. The summed E-state index contributed by atoms with van der Waals surface area (Å²) in [6.07, 6.45) is -0.904. The fourth-order valence-corrected chi connectivity index (χ4v) is 2.36. The number of halogens is 3. The molecule has 1 nitrogen and oxygen atoms in total. The summed E-state index contributed by atoms with van der Waals surface area (Å²) < 4.78 is 43.2. The molecule has 1 aromatic rings. The van der Waals surface area contributed by atoms with E-state index in [1.165, 1.54) is 12.1 Å². The van der Waals surface area contributed by atoms with E-state index in [2.05, 4.69) is 6.92 Å². The number of rotatable bonds is 3. The van der Waals surface area contributed by atoms with Crippen molar-refractivity contribution in [1.82, 2.24) is 0 Å². The molecule has 0 saturated heterocycles. The molecule has 2 rings (SSSR count). The lowest BCUT2D eigenvalue weighted by Crippen LogP contribution is -2.09. The van der Waals surface area contributed by atoms with Gasteiger partial charge in [0.1, 0.15) is 0 Å². The van der Waals surface area contributed by atoms with Gasteiger partial charge in [-0.25, -0.2) is 0 Å². The van der Waals surface area contributed by atoms with Crippen LogP contribution >= 0.6 is 0 Å². The second-order valence-corrected chi connectivity index (χ2v) is 5.05. The van der Waals surface area contributed by atoms with Gasteiger partial charge in [-0.05, 0) is 42.9 Å². The Morgan fingerprint density at radius 2 is 2.06 bits per heavy atom. The van der Waals surface area contributed by atoms with Gasteiger partial charge in [-0.15, -0.1) is 0 Å². The quantitative estimate of drug-likeness (QED) is 0.780. The van der Waals surface area contributed by atoms with Gasteiger partial charge in [0.05, 0.1) is 18.3 Å². The van der Waals surface area contributed by atoms with Crippen molar-refractivity contribution in [3.8, 4) is 0 Å². The predicted octanol–water partition coefficient (Wildman–Crippen LogP) is 4.41. The van der Waals surface area contributed by atoms with Crippen molar-refractivity contribution in [3.05, 3.63) is 35.4 Å². The molecule has 1 aromatic carbocycles. The second-order valence-electron chi connectivity index (χ2n) is 5.05. The predicted molar refractivity (Wildman–Crippen MR) is 63.0 cm³/mol. The van der Waals surface area contributed by atoms with Crippen molar-refractivity contribution >= 4 is 0 Å². The molecule has 0 spiro atoms. The van der Waals surface area contributed by atoms with Gasteiger partial charge in [-0.1, -0.05) is 19.1 Å². The van der Waals surface area contributed by atoms with E-state index in [-0.39, 0.29) is 12.7 Å². The summed E-state index contributed by atoms with van der Waals surface area (Å²) in [6, 6.07) is 5.35. The van der Waals surface area contributed by atoms with Gasteiger partial charge in [0.2, 0.25) is 0 Å².